The molecule has 5 nitrogen and oxygen atoms in total. The van der Waals surface area contributed by atoms with Gasteiger partial charge in [-0.1, -0.05) is 39.8 Å². The molecule has 0 saturated carbocycles. The van der Waals surface area contributed by atoms with Crippen LogP contribution >= 0.6 is 0 Å². The number of benzene rings is 1. The number of hydrogen-bond donors (Lipinski definition) is 2. The number of likely N-dealkylation sites (tertiary alicyclic amines) is 1. The first-order valence-corrected chi connectivity index (χ1v) is 9.83. The van der Waals surface area contributed by atoms with Crippen molar-refractivity contribution in [2.45, 2.75) is 40.2 Å². The van der Waals surface area contributed by atoms with E-state index in [0.717, 1.165) is 19.6 Å². The zero-order valence-corrected chi connectivity index (χ0v) is 16.8. The van der Waals surface area contributed by atoms with E-state index in [0.29, 0.717) is 18.4 Å². The van der Waals surface area contributed by atoms with E-state index in [4.69, 9.17) is 0 Å². The van der Waals surface area contributed by atoms with Crippen molar-refractivity contribution < 1.29 is 14.0 Å². The average molecular weight is 378 g/mol. The third-order valence-corrected chi connectivity index (χ3v) is 5.03. The van der Waals surface area contributed by atoms with E-state index in [9.17, 15) is 14.0 Å². The average Bonchev–Trinajstić information content (AvgIpc) is 2.58. The molecule has 1 heterocycles. The lowest BCUT2D eigenvalue weighted by Gasteiger charge is -2.35. The minimum atomic E-state index is -0.698. The fraction of sp³-hybridized carbons (Fsp3) is 0.619. The molecule has 1 aromatic rings. The molecule has 1 fully saturated rings. The summed E-state index contributed by atoms with van der Waals surface area (Å²) in [6.07, 6.45) is 1.25. The van der Waals surface area contributed by atoms with Crippen LogP contribution in [0.2, 0.25) is 0 Å². The molecule has 0 aromatic heterocycles. The second-order valence-electron chi connectivity index (χ2n) is 8.17. The number of rotatable bonds is 7. The molecule has 0 spiro atoms. The summed E-state index contributed by atoms with van der Waals surface area (Å²) in [5.74, 6) is -0.142. The van der Waals surface area contributed by atoms with Gasteiger partial charge in [0.05, 0.1) is 5.56 Å². The Morgan fingerprint density at radius 1 is 1.19 bits per heavy atom. The SMILES string of the molecule is CC1CC(C)CN(CCNC(=O)C(NC(=O)c2ccccc2F)C(C)C)C1. The van der Waals surface area contributed by atoms with E-state index < -0.39 is 17.8 Å². The van der Waals surface area contributed by atoms with Gasteiger partial charge in [-0.05, 0) is 36.3 Å². The highest BCUT2D eigenvalue weighted by molar-refractivity contribution is 5.97. The Morgan fingerprint density at radius 2 is 1.81 bits per heavy atom. The van der Waals surface area contributed by atoms with Crippen LogP contribution in [0.4, 0.5) is 4.39 Å². The van der Waals surface area contributed by atoms with Crippen LogP contribution in [0.25, 0.3) is 0 Å². The van der Waals surface area contributed by atoms with Crippen LogP contribution in [0.1, 0.15) is 44.5 Å². The van der Waals surface area contributed by atoms with Crippen LogP contribution in [-0.2, 0) is 4.79 Å². The molecule has 1 saturated heterocycles. The van der Waals surface area contributed by atoms with Crippen molar-refractivity contribution in [2.75, 3.05) is 26.2 Å². The van der Waals surface area contributed by atoms with Gasteiger partial charge in [0.15, 0.2) is 0 Å². The topological polar surface area (TPSA) is 61.4 Å². The van der Waals surface area contributed by atoms with Crippen molar-refractivity contribution in [3.8, 4) is 0 Å². The first-order valence-electron chi connectivity index (χ1n) is 9.83. The van der Waals surface area contributed by atoms with Gasteiger partial charge in [-0.25, -0.2) is 4.39 Å². The number of nitrogens with zero attached hydrogens (tertiary/aromatic N) is 1. The highest BCUT2D eigenvalue weighted by atomic mass is 19.1. The summed E-state index contributed by atoms with van der Waals surface area (Å²) in [4.78, 5) is 27.3. The maximum absolute atomic E-state index is 13.8. The number of amides is 2. The van der Waals surface area contributed by atoms with Gasteiger partial charge in [0.2, 0.25) is 5.91 Å². The maximum atomic E-state index is 13.8. The summed E-state index contributed by atoms with van der Waals surface area (Å²) in [6.45, 7) is 11.7. The smallest absolute Gasteiger partial charge is 0.254 e. The Hall–Kier alpha value is -1.95. The van der Waals surface area contributed by atoms with Crippen molar-refractivity contribution in [3.05, 3.63) is 35.6 Å². The number of halogens is 1. The molecule has 6 heteroatoms. The standard InChI is InChI=1S/C21H32FN3O2/c1-14(2)19(24-20(26)17-7-5-6-8-18(17)22)21(27)23-9-10-25-12-15(3)11-16(4)13-25/h5-8,14-16,19H,9-13H2,1-4H3,(H,23,27)(H,24,26). The zero-order valence-electron chi connectivity index (χ0n) is 16.8. The van der Waals surface area contributed by atoms with Crippen LogP contribution in [-0.4, -0.2) is 48.9 Å². The van der Waals surface area contributed by atoms with E-state index in [1.165, 1.54) is 24.6 Å². The van der Waals surface area contributed by atoms with E-state index in [1.54, 1.807) is 6.07 Å². The lowest BCUT2D eigenvalue weighted by Crippen LogP contribution is -2.51. The molecular formula is C21H32FN3O2. The molecule has 27 heavy (non-hydrogen) atoms. The number of carbonyl (C=O) groups is 2. The Kier molecular flexibility index (Phi) is 7.78. The minimum Gasteiger partial charge on any atom is -0.353 e. The summed E-state index contributed by atoms with van der Waals surface area (Å²) in [6, 6.07) is 5.08. The molecule has 3 atom stereocenters. The number of piperidine rings is 1. The summed E-state index contributed by atoms with van der Waals surface area (Å²) in [7, 11) is 0. The molecular weight excluding hydrogens is 345 g/mol. The van der Waals surface area contributed by atoms with Crippen molar-refractivity contribution in [3.63, 3.8) is 0 Å². The summed E-state index contributed by atoms with van der Waals surface area (Å²) in [5.41, 5.74) is -0.0489. The predicted molar refractivity (Wildman–Crippen MR) is 105 cm³/mol. The first-order chi connectivity index (χ1) is 12.8. The quantitative estimate of drug-likeness (QED) is 0.768. The second-order valence-corrected chi connectivity index (χ2v) is 8.17. The normalized spacial score (nSPS) is 21.7. The molecule has 1 aliphatic heterocycles. The zero-order chi connectivity index (χ0) is 20.0. The fourth-order valence-electron chi connectivity index (χ4n) is 3.82. The monoisotopic (exact) mass is 377 g/mol. The highest BCUT2D eigenvalue weighted by Crippen LogP contribution is 2.20. The van der Waals surface area contributed by atoms with Gasteiger partial charge in [0, 0.05) is 26.2 Å². The van der Waals surface area contributed by atoms with Gasteiger partial charge in [-0.3, -0.25) is 9.59 Å². The molecule has 3 unspecified atom stereocenters. The third kappa shape index (κ3) is 6.31. The van der Waals surface area contributed by atoms with E-state index in [2.05, 4.69) is 29.4 Å². The second kappa shape index (κ2) is 9.83. The molecule has 1 aromatic carbocycles. The van der Waals surface area contributed by atoms with E-state index >= 15 is 0 Å². The van der Waals surface area contributed by atoms with Crippen LogP contribution in [0.3, 0.4) is 0 Å². The number of carbonyl (C=O) groups excluding carboxylic acids is 2. The number of hydrogen-bond acceptors (Lipinski definition) is 3. The van der Waals surface area contributed by atoms with Crippen molar-refractivity contribution in [1.29, 1.82) is 0 Å². The molecule has 0 radical (unpaired) electrons. The van der Waals surface area contributed by atoms with Gasteiger partial charge in [0.1, 0.15) is 11.9 Å². The van der Waals surface area contributed by atoms with E-state index in [-0.39, 0.29) is 17.4 Å². The van der Waals surface area contributed by atoms with Crippen molar-refractivity contribution in [1.82, 2.24) is 15.5 Å². The molecule has 0 aliphatic carbocycles. The Balaban J connectivity index is 1.87. The Morgan fingerprint density at radius 3 is 2.41 bits per heavy atom. The summed E-state index contributed by atoms with van der Waals surface area (Å²) in [5, 5.41) is 5.59. The van der Waals surface area contributed by atoms with Gasteiger partial charge in [-0.2, -0.15) is 0 Å². The fourth-order valence-corrected chi connectivity index (χ4v) is 3.82. The molecule has 150 valence electrons. The largest absolute Gasteiger partial charge is 0.353 e. The van der Waals surface area contributed by atoms with Gasteiger partial charge in [-0.15, -0.1) is 0 Å². The van der Waals surface area contributed by atoms with Crippen LogP contribution in [0.15, 0.2) is 24.3 Å². The lowest BCUT2D eigenvalue weighted by atomic mass is 9.92. The number of nitrogens with one attached hydrogen (secondary N) is 2. The maximum Gasteiger partial charge on any atom is 0.254 e. The molecule has 1 aliphatic rings. The van der Waals surface area contributed by atoms with Crippen LogP contribution in [0, 0.1) is 23.6 Å². The van der Waals surface area contributed by atoms with Crippen molar-refractivity contribution >= 4 is 11.8 Å². The van der Waals surface area contributed by atoms with E-state index in [1.807, 2.05) is 13.8 Å². The first kappa shape index (κ1) is 21.4. The van der Waals surface area contributed by atoms with Gasteiger partial charge >= 0.3 is 0 Å². The third-order valence-electron chi connectivity index (χ3n) is 5.03. The lowest BCUT2D eigenvalue weighted by molar-refractivity contribution is -0.124. The molecule has 2 N–H and O–H groups in total. The van der Waals surface area contributed by atoms with Crippen LogP contribution in [0.5, 0.6) is 0 Å². The van der Waals surface area contributed by atoms with Gasteiger partial charge in [0.25, 0.3) is 5.91 Å². The summed E-state index contributed by atoms with van der Waals surface area (Å²) >= 11 is 0. The Labute approximate surface area is 161 Å². The summed E-state index contributed by atoms with van der Waals surface area (Å²) < 4.78 is 13.8. The van der Waals surface area contributed by atoms with Gasteiger partial charge < -0.3 is 15.5 Å². The molecule has 2 rings (SSSR count). The van der Waals surface area contributed by atoms with Crippen LogP contribution < -0.4 is 10.6 Å². The highest BCUT2D eigenvalue weighted by Gasteiger charge is 2.26. The Bertz CT molecular complexity index is 640. The molecule has 2 amide bonds. The van der Waals surface area contributed by atoms with Crippen molar-refractivity contribution in [2.24, 2.45) is 17.8 Å². The predicted octanol–water partition coefficient (Wildman–Crippen LogP) is 2.67. The molecule has 0 bridgehead atoms. The minimum absolute atomic E-state index is 0.0489.